The van der Waals surface area contributed by atoms with Gasteiger partial charge in [0, 0.05) is 17.1 Å². The Morgan fingerprint density at radius 2 is 1.43 bits per heavy atom. The number of carbonyl (C=O) groups excluding carboxylic acids is 1. The maximum Gasteiger partial charge on any atom is 0.303 e. The molecule has 1 atom stereocenters. The molecule has 0 aromatic rings. The smallest absolute Gasteiger partial charge is 0.303 e. The van der Waals surface area contributed by atoms with E-state index in [1.807, 2.05) is 20.8 Å². The number of rotatable bonds is 13. The lowest BCUT2D eigenvalue weighted by molar-refractivity contribution is -0.137. The quantitative estimate of drug-likeness (QED) is 0.413. The van der Waals surface area contributed by atoms with Crippen molar-refractivity contribution in [2.24, 2.45) is 5.92 Å². The SMILES string of the molecule is CCCCCCCCCC[C@H](CCC(=O)O)C(=O)SC(C)(C)C. The van der Waals surface area contributed by atoms with E-state index in [1.165, 1.54) is 50.3 Å². The van der Waals surface area contributed by atoms with E-state index >= 15 is 0 Å². The molecule has 0 fully saturated rings. The van der Waals surface area contributed by atoms with Gasteiger partial charge in [-0.1, -0.05) is 90.8 Å². The molecule has 0 aromatic carbocycles. The molecular weight excluding hydrogens is 308 g/mol. The van der Waals surface area contributed by atoms with Crippen LogP contribution >= 0.6 is 11.8 Å². The molecule has 0 aliphatic heterocycles. The number of unbranched alkanes of at least 4 members (excludes halogenated alkanes) is 7. The van der Waals surface area contributed by atoms with E-state index in [9.17, 15) is 9.59 Å². The van der Waals surface area contributed by atoms with Gasteiger partial charge in [-0.2, -0.15) is 0 Å². The average molecular weight is 345 g/mol. The van der Waals surface area contributed by atoms with Gasteiger partial charge in [-0.3, -0.25) is 9.59 Å². The first-order valence-electron chi connectivity index (χ1n) is 9.21. The highest BCUT2D eigenvalue weighted by molar-refractivity contribution is 8.14. The molecule has 0 aromatic heterocycles. The third kappa shape index (κ3) is 14.8. The van der Waals surface area contributed by atoms with Crippen LogP contribution in [0.4, 0.5) is 0 Å². The largest absolute Gasteiger partial charge is 0.481 e. The van der Waals surface area contributed by atoms with Gasteiger partial charge in [0.05, 0.1) is 0 Å². The Labute approximate surface area is 147 Å². The molecule has 0 heterocycles. The van der Waals surface area contributed by atoms with Crippen molar-refractivity contribution in [1.29, 1.82) is 0 Å². The zero-order chi connectivity index (χ0) is 17.7. The van der Waals surface area contributed by atoms with Crippen LogP contribution in [0.25, 0.3) is 0 Å². The van der Waals surface area contributed by atoms with Gasteiger partial charge in [0.25, 0.3) is 0 Å². The Bertz CT molecular complexity index is 334. The number of hydrogen-bond acceptors (Lipinski definition) is 3. The van der Waals surface area contributed by atoms with Crippen molar-refractivity contribution >= 4 is 22.8 Å². The fraction of sp³-hybridized carbons (Fsp3) is 0.895. The Hall–Kier alpha value is -0.510. The summed E-state index contributed by atoms with van der Waals surface area (Å²) < 4.78 is -0.0994. The third-order valence-electron chi connectivity index (χ3n) is 3.85. The predicted octanol–water partition coefficient (Wildman–Crippen LogP) is 6.06. The molecule has 0 saturated heterocycles. The molecule has 0 spiro atoms. The molecule has 0 rings (SSSR count). The van der Waals surface area contributed by atoms with Gasteiger partial charge in [0.1, 0.15) is 0 Å². The van der Waals surface area contributed by atoms with Crippen LogP contribution in [-0.2, 0) is 9.59 Å². The minimum atomic E-state index is -0.806. The van der Waals surface area contributed by atoms with Crippen LogP contribution in [0.1, 0.15) is 98.3 Å². The third-order valence-corrected chi connectivity index (χ3v) is 5.00. The number of carboxylic acids is 1. The molecule has 0 radical (unpaired) electrons. The topological polar surface area (TPSA) is 54.4 Å². The molecule has 0 saturated carbocycles. The summed E-state index contributed by atoms with van der Waals surface area (Å²) in [7, 11) is 0. The standard InChI is InChI=1S/C19H36O3S/c1-5-6-7-8-9-10-11-12-13-16(14-15-17(20)21)18(22)23-19(2,3)4/h16H,5-15H2,1-4H3,(H,20,21)/t16-/m1/s1. The number of thioether (sulfide) groups is 1. The lowest BCUT2D eigenvalue weighted by Gasteiger charge is -2.21. The van der Waals surface area contributed by atoms with Crippen LogP contribution in [0.2, 0.25) is 0 Å². The molecule has 0 aliphatic carbocycles. The molecule has 136 valence electrons. The van der Waals surface area contributed by atoms with Gasteiger partial charge in [0.2, 0.25) is 0 Å². The molecule has 1 N–H and O–H groups in total. The number of aliphatic carboxylic acids is 1. The highest BCUT2D eigenvalue weighted by Crippen LogP contribution is 2.31. The summed E-state index contributed by atoms with van der Waals surface area (Å²) in [6, 6.07) is 0. The monoisotopic (exact) mass is 344 g/mol. The van der Waals surface area contributed by atoms with Crippen molar-refractivity contribution in [1.82, 2.24) is 0 Å². The second-order valence-electron chi connectivity index (χ2n) is 7.43. The van der Waals surface area contributed by atoms with E-state index in [4.69, 9.17) is 5.11 Å². The normalized spacial score (nSPS) is 13.0. The van der Waals surface area contributed by atoms with Crippen molar-refractivity contribution in [3.63, 3.8) is 0 Å². The molecular formula is C19H36O3S. The van der Waals surface area contributed by atoms with Crippen LogP contribution in [0.15, 0.2) is 0 Å². The van der Waals surface area contributed by atoms with E-state index in [-0.39, 0.29) is 22.2 Å². The van der Waals surface area contributed by atoms with Gasteiger partial charge in [-0.05, 0) is 12.8 Å². The van der Waals surface area contributed by atoms with Gasteiger partial charge in [-0.15, -0.1) is 0 Å². The van der Waals surface area contributed by atoms with Crippen molar-refractivity contribution in [2.45, 2.75) is 103 Å². The number of carbonyl (C=O) groups is 2. The molecule has 4 heteroatoms. The zero-order valence-electron chi connectivity index (χ0n) is 15.5. The summed E-state index contributed by atoms with van der Waals surface area (Å²) >= 11 is 1.36. The van der Waals surface area contributed by atoms with E-state index in [0.29, 0.717) is 6.42 Å². The first-order valence-corrected chi connectivity index (χ1v) is 10.0. The summed E-state index contributed by atoms with van der Waals surface area (Å²) in [5.41, 5.74) is 0. The van der Waals surface area contributed by atoms with Crippen molar-refractivity contribution in [3.05, 3.63) is 0 Å². The molecule has 0 unspecified atom stereocenters. The molecule has 0 amide bonds. The van der Waals surface area contributed by atoms with Crippen LogP contribution < -0.4 is 0 Å². The number of carboxylic acid groups (broad SMARTS) is 1. The van der Waals surface area contributed by atoms with Crippen LogP contribution in [0, 0.1) is 5.92 Å². The van der Waals surface area contributed by atoms with Gasteiger partial charge in [-0.25, -0.2) is 0 Å². The number of hydrogen-bond donors (Lipinski definition) is 1. The van der Waals surface area contributed by atoms with Crippen LogP contribution in [-0.4, -0.2) is 20.9 Å². The maximum atomic E-state index is 12.4. The second kappa shape index (κ2) is 12.9. The van der Waals surface area contributed by atoms with Gasteiger partial charge >= 0.3 is 5.97 Å². The van der Waals surface area contributed by atoms with E-state index in [0.717, 1.165) is 19.3 Å². The lowest BCUT2D eigenvalue weighted by atomic mass is 9.96. The first kappa shape index (κ1) is 22.5. The van der Waals surface area contributed by atoms with Crippen molar-refractivity contribution < 1.29 is 14.7 Å². The molecule has 3 nitrogen and oxygen atoms in total. The average Bonchev–Trinajstić information content (AvgIpc) is 2.42. The summed E-state index contributed by atoms with van der Waals surface area (Å²) in [6.45, 7) is 8.31. The maximum absolute atomic E-state index is 12.4. The fourth-order valence-corrected chi connectivity index (χ4v) is 3.59. The van der Waals surface area contributed by atoms with Gasteiger partial charge in [0.15, 0.2) is 5.12 Å². The van der Waals surface area contributed by atoms with E-state index in [2.05, 4.69) is 6.92 Å². The summed E-state index contributed by atoms with van der Waals surface area (Å²) in [4.78, 5) is 23.2. The molecule has 23 heavy (non-hydrogen) atoms. The first-order chi connectivity index (χ1) is 10.8. The fourth-order valence-electron chi connectivity index (χ4n) is 2.59. The zero-order valence-corrected chi connectivity index (χ0v) is 16.3. The molecule has 0 bridgehead atoms. The minimum Gasteiger partial charge on any atom is -0.481 e. The Kier molecular flexibility index (Phi) is 12.6. The highest BCUT2D eigenvalue weighted by atomic mass is 32.2. The highest BCUT2D eigenvalue weighted by Gasteiger charge is 2.24. The van der Waals surface area contributed by atoms with Crippen molar-refractivity contribution in [2.75, 3.05) is 0 Å². The Morgan fingerprint density at radius 3 is 1.91 bits per heavy atom. The predicted molar refractivity (Wildman–Crippen MR) is 99.9 cm³/mol. The lowest BCUT2D eigenvalue weighted by Crippen LogP contribution is -2.19. The second-order valence-corrected chi connectivity index (χ2v) is 9.26. The summed E-state index contributed by atoms with van der Waals surface area (Å²) in [5.74, 6) is -0.908. The minimum absolute atomic E-state index is 0.0954. The van der Waals surface area contributed by atoms with Crippen molar-refractivity contribution in [3.8, 4) is 0 Å². The summed E-state index contributed by atoms with van der Waals surface area (Å²) in [6.07, 6.45) is 11.4. The van der Waals surface area contributed by atoms with E-state index in [1.54, 1.807) is 0 Å². The Morgan fingerprint density at radius 1 is 0.913 bits per heavy atom. The molecule has 0 aliphatic rings. The summed E-state index contributed by atoms with van der Waals surface area (Å²) in [5, 5.41) is 9.04. The Balaban J connectivity index is 4.06. The van der Waals surface area contributed by atoms with Crippen LogP contribution in [0.5, 0.6) is 0 Å². The van der Waals surface area contributed by atoms with Crippen LogP contribution in [0.3, 0.4) is 0 Å². The van der Waals surface area contributed by atoms with Gasteiger partial charge < -0.3 is 5.11 Å². The van der Waals surface area contributed by atoms with E-state index < -0.39 is 5.97 Å².